The maximum atomic E-state index is 13.0. The highest BCUT2D eigenvalue weighted by molar-refractivity contribution is 5.94. The van der Waals surface area contributed by atoms with E-state index in [9.17, 15) is 4.79 Å². The summed E-state index contributed by atoms with van der Waals surface area (Å²) >= 11 is 0. The number of aromatic amines is 1. The number of hydrogen-bond acceptors (Lipinski definition) is 4. The van der Waals surface area contributed by atoms with E-state index in [4.69, 9.17) is 9.72 Å². The number of ether oxygens (including phenoxy) is 1. The first kappa shape index (κ1) is 18.7. The van der Waals surface area contributed by atoms with Gasteiger partial charge < -0.3 is 14.6 Å². The number of benzene rings is 1. The van der Waals surface area contributed by atoms with Gasteiger partial charge in [0.2, 0.25) is 0 Å². The Kier molecular flexibility index (Phi) is 5.43. The number of aromatic nitrogens is 4. The number of aryl methyl sites for hydroxylation is 1. The lowest BCUT2D eigenvalue weighted by Crippen LogP contribution is -2.30. The maximum absolute atomic E-state index is 13.0. The zero-order valence-corrected chi connectivity index (χ0v) is 16.5. The summed E-state index contributed by atoms with van der Waals surface area (Å²) in [6, 6.07) is 7.77. The second-order valence-electron chi connectivity index (χ2n) is 7.39. The third kappa shape index (κ3) is 3.54. The second-order valence-corrected chi connectivity index (χ2v) is 7.39. The van der Waals surface area contributed by atoms with Gasteiger partial charge in [0.05, 0.1) is 23.7 Å². The van der Waals surface area contributed by atoms with Crippen LogP contribution in [0.5, 0.6) is 0 Å². The minimum atomic E-state index is -0.241. The van der Waals surface area contributed by atoms with Crippen LogP contribution in [0.25, 0.3) is 11.0 Å². The SMILES string of the molecule is COCCn1c([C@@H](C)NC(=O)c2n[nH]c3c2CCCCC3)nc2ccccc21. The monoisotopic (exact) mass is 381 g/mol. The molecule has 1 aliphatic carbocycles. The fraction of sp³-hybridized carbons (Fsp3) is 0.476. The molecule has 28 heavy (non-hydrogen) atoms. The number of rotatable bonds is 6. The van der Waals surface area contributed by atoms with E-state index in [1.165, 1.54) is 6.42 Å². The standard InChI is InChI=1S/C21H27N5O2/c1-14(20-23-17-10-6-7-11-18(17)26(20)12-13-28-2)22-21(27)19-15-8-4-3-5-9-16(15)24-25-19/h6-7,10-11,14H,3-5,8-9,12-13H2,1-2H3,(H,22,27)(H,24,25)/t14-/m1/s1. The number of carbonyl (C=O) groups is 1. The zero-order valence-electron chi connectivity index (χ0n) is 16.5. The van der Waals surface area contributed by atoms with Gasteiger partial charge in [0.1, 0.15) is 5.82 Å². The lowest BCUT2D eigenvalue weighted by Gasteiger charge is -2.16. The Balaban J connectivity index is 1.59. The summed E-state index contributed by atoms with van der Waals surface area (Å²) in [6.07, 6.45) is 5.34. The van der Waals surface area contributed by atoms with Gasteiger partial charge in [-0.25, -0.2) is 4.98 Å². The maximum Gasteiger partial charge on any atom is 0.272 e. The molecule has 1 atom stereocenters. The molecule has 0 radical (unpaired) electrons. The van der Waals surface area contributed by atoms with Crippen molar-refractivity contribution in [2.45, 2.75) is 51.6 Å². The topological polar surface area (TPSA) is 84.8 Å². The molecule has 0 aliphatic heterocycles. The van der Waals surface area contributed by atoms with Gasteiger partial charge in [-0.3, -0.25) is 9.89 Å². The minimum Gasteiger partial charge on any atom is -0.383 e. The van der Waals surface area contributed by atoms with Crippen molar-refractivity contribution in [2.24, 2.45) is 0 Å². The Morgan fingerprint density at radius 3 is 2.96 bits per heavy atom. The summed E-state index contributed by atoms with van der Waals surface area (Å²) in [7, 11) is 1.69. The summed E-state index contributed by atoms with van der Waals surface area (Å²) in [6.45, 7) is 3.24. The highest BCUT2D eigenvalue weighted by atomic mass is 16.5. The van der Waals surface area contributed by atoms with Gasteiger partial charge in [-0.1, -0.05) is 18.6 Å². The summed E-state index contributed by atoms with van der Waals surface area (Å²) in [5, 5.41) is 10.5. The van der Waals surface area contributed by atoms with Gasteiger partial charge >= 0.3 is 0 Å². The molecule has 7 heteroatoms. The third-order valence-electron chi connectivity index (χ3n) is 5.46. The molecule has 2 heterocycles. The van der Waals surface area contributed by atoms with Gasteiger partial charge in [0.15, 0.2) is 5.69 Å². The second kappa shape index (κ2) is 8.14. The summed E-state index contributed by atoms with van der Waals surface area (Å²) in [5.74, 6) is 0.686. The molecule has 2 aromatic heterocycles. The van der Waals surface area contributed by atoms with Crippen molar-refractivity contribution in [3.05, 3.63) is 47.0 Å². The van der Waals surface area contributed by atoms with Crippen LogP contribution in [-0.2, 0) is 24.1 Å². The molecule has 0 fully saturated rings. The Labute approximate surface area is 164 Å². The van der Waals surface area contributed by atoms with Crippen molar-refractivity contribution in [3.8, 4) is 0 Å². The van der Waals surface area contributed by atoms with E-state index < -0.39 is 0 Å². The van der Waals surface area contributed by atoms with Crippen LogP contribution in [0.1, 0.15) is 59.8 Å². The average Bonchev–Trinajstić information content (AvgIpc) is 3.20. The van der Waals surface area contributed by atoms with Crippen LogP contribution in [0.2, 0.25) is 0 Å². The van der Waals surface area contributed by atoms with Crippen molar-refractivity contribution in [1.82, 2.24) is 25.1 Å². The van der Waals surface area contributed by atoms with E-state index in [2.05, 4.69) is 20.1 Å². The van der Waals surface area contributed by atoms with E-state index in [1.54, 1.807) is 7.11 Å². The molecule has 0 spiro atoms. The van der Waals surface area contributed by atoms with E-state index in [0.717, 1.165) is 53.8 Å². The Hall–Kier alpha value is -2.67. The first-order valence-electron chi connectivity index (χ1n) is 10.00. The summed E-state index contributed by atoms with van der Waals surface area (Å²) in [5.41, 5.74) is 4.69. The molecule has 3 aromatic rings. The quantitative estimate of drug-likeness (QED) is 0.642. The zero-order chi connectivity index (χ0) is 19.5. The van der Waals surface area contributed by atoms with Gasteiger partial charge in [-0.05, 0) is 44.7 Å². The van der Waals surface area contributed by atoms with E-state index >= 15 is 0 Å². The van der Waals surface area contributed by atoms with Crippen molar-refractivity contribution >= 4 is 16.9 Å². The molecule has 1 aromatic carbocycles. The number of carbonyl (C=O) groups excluding carboxylic acids is 1. The van der Waals surface area contributed by atoms with Gasteiger partial charge in [0.25, 0.3) is 5.91 Å². The van der Waals surface area contributed by atoms with E-state index in [1.807, 2.05) is 31.2 Å². The lowest BCUT2D eigenvalue weighted by atomic mass is 10.1. The number of methoxy groups -OCH3 is 1. The minimum absolute atomic E-state index is 0.141. The predicted molar refractivity (Wildman–Crippen MR) is 107 cm³/mol. The van der Waals surface area contributed by atoms with Crippen LogP contribution in [0.15, 0.2) is 24.3 Å². The molecule has 1 amide bonds. The van der Waals surface area contributed by atoms with Gasteiger partial charge in [-0.2, -0.15) is 5.10 Å². The van der Waals surface area contributed by atoms with Crippen LogP contribution in [0.3, 0.4) is 0 Å². The Bertz CT molecular complexity index is 974. The average molecular weight is 381 g/mol. The van der Waals surface area contributed by atoms with Crippen molar-refractivity contribution < 1.29 is 9.53 Å². The van der Waals surface area contributed by atoms with Crippen LogP contribution >= 0.6 is 0 Å². The van der Waals surface area contributed by atoms with Crippen molar-refractivity contribution in [1.29, 1.82) is 0 Å². The number of nitrogens with one attached hydrogen (secondary N) is 2. The van der Waals surface area contributed by atoms with Gasteiger partial charge in [-0.15, -0.1) is 0 Å². The molecule has 0 saturated heterocycles. The molecule has 4 rings (SSSR count). The molecule has 1 aliphatic rings. The number of amides is 1. The fourth-order valence-electron chi connectivity index (χ4n) is 4.02. The van der Waals surface area contributed by atoms with Crippen LogP contribution in [-0.4, -0.2) is 39.4 Å². The van der Waals surface area contributed by atoms with Crippen molar-refractivity contribution in [3.63, 3.8) is 0 Å². The lowest BCUT2D eigenvalue weighted by molar-refractivity contribution is 0.0931. The number of hydrogen-bond donors (Lipinski definition) is 2. The Morgan fingerprint density at radius 1 is 1.29 bits per heavy atom. The van der Waals surface area contributed by atoms with Crippen LogP contribution in [0, 0.1) is 0 Å². The first-order chi connectivity index (χ1) is 13.7. The number of fused-ring (bicyclic) bond motifs is 2. The summed E-state index contributed by atoms with van der Waals surface area (Å²) in [4.78, 5) is 17.7. The molecule has 0 bridgehead atoms. The molecular weight excluding hydrogens is 354 g/mol. The molecular formula is C21H27N5O2. The van der Waals surface area contributed by atoms with Crippen LogP contribution < -0.4 is 5.32 Å². The molecule has 7 nitrogen and oxygen atoms in total. The fourth-order valence-corrected chi connectivity index (χ4v) is 4.02. The third-order valence-corrected chi connectivity index (χ3v) is 5.46. The number of imidazole rings is 1. The molecule has 0 unspecified atom stereocenters. The number of nitrogens with zero attached hydrogens (tertiary/aromatic N) is 3. The predicted octanol–water partition coefficient (Wildman–Crippen LogP) is 3.17. The Morgan fingerprint density at radius 2 is 2.11 bits per heavy atom. The smallest absolute Gasteiger partial charge is 0.272 e. The number of H-pyrrole nitrogens is 1. The highest BCUT2D eigenvalue weighted by Gasteiger charge is 2.24. The molecule has 2 N–H and O–H groups in total. The molecule has 0 saturated carbocycles. The normalized spacial score (nSPS) is 15.2. The molecule has 148 valence electrons. The van der Waals surface area contributed by atoms with E-state index in [0.29, 0.717) is 18.8 Å². The van der Waals surface area contributed by atoms with Gasteiger partial charge in [0, 0.05) is 24.9 Å². The van der Waals surface area contributed by atoms with Crippen molar-refractivity contribution in [2.75, 3.05) is 13.7 Å². The first-order valence-corrected chi connectivity index (χ1v) is 10.00. The number of para-hydroxylation sites is 2. The largest absolute Gasteiger partial charge is 0.383 e. The highest BCUT2D eigenvalue weighted by Crippen LogP contribution is 2.24. The van der Waals surface area contributed by atoms with Crippen LogP contribution in [0.4, 0.5) is 0 Å². The van der Waals surface area contributed by atoms with E-state index in [-0.39, 0.29) is 11.9 Å². The summed E-state index contributed by atoms with van der Waals surface area (Å²) < 4.78 is 7.38.